The molecule has 0 saturated carbocycles. The summed E-state index contributed by atoms with van der Waals surface area (Å²) in [5.74, 6) is -0.0848. The molecule has 0 atom stereocenters. The predicted octanol–water partition coefficient (Wildman–Crippen LogP) is 6.23. The van der Waals surface area contributed by atoms with Gasteiger partial charge >= 0.3 is 0 Å². The van der Waals surface area contributed by atoms with Gasteiger partial charge in [-0.25, -0.2) is 0 Å². The van der Waals surface area contributed by atoms with E-state index in [0.717, 1.165) is 28.3 Å². The van der Waals surface area contributed by atoms with Gasteiger partial charge in [-0.1, -0.05) is 42.5 Å². The molecular weight excluding hydrogens is 370 g/mol. The number of carbonyl (C=O) groups excluding carboxylic acids is 1. The Hall–Kier alpha value is -4.05. The first-order chi connectivity index (χ1) is 14.7. The summed E-state index contributed by atoms with van der Waals surface area (Å²) in [6.45, 7) is 2.12. The molecule has 4 aromatic rings. The quantitative estimate of drug-likeness (QED) is 0.361. The lowest BCUT2D eigenvalue weighted by atomic mass is 10.00. The van der Waals surface area contributed by atoms with Gasteiger partial charge in [0.25, 0.3) is 5.91 Å². The molecule has 3 aromatic carbocycles. The molecule has 0 aliphatic carbocycles. The normalized spacial score (nSPS) is 13.9. The van der Waals surface area contributed by atoms with Crippen LogP contribution < -0.4 is 10.6 Å². The molecule has 1 aliphatic heterocycles. The maximum absolute atomic E-state index is 12.5. The standard InChI is InChI=1S/C26H21N3O/c1-17-9-10-20(15-23(17)18-6-3-2-4-7-18)28-21-11-12-22-24(14-19-8-5-13-27-19)26(30)29-25(22)16-21/h2-16,27-28H,1H3,(H,29,30). The molecule has 0 bridgehead atoms. The maximum atomic E-state index is 12.5. The number of aryl methyl sites for hydroxylation is 1. The van der Waals surface area contributed by atoms with Crippen LogP contribution >= 0.6 is 0 Å². The van der Waals surface area contributed by atoms with E-state index in [1.807, 2.05) is 48.7 Å². The van der Waals surface area contributed by atoms with Crippen LogP contribution in [0.25, 0.3) is 22.8 Å². The van der Waals surface area contributed by atoms with Crippen LogP contribution in [0, 0.1) is 6.92 Å². The Morgan fingerprint density at radius 1 is 0.833 bits per heavy atom. The molecule has 4 heteroatoms. The van der Waals surface area contributed by atoms with Gasteiger partial charge in [-0.15, -0.1) is 0 Å². The number of aromatic nitrogens is 1. The molecule has 0 saturated heterocycles. The highest BCUT2D eigenvalue weighted by Gasteiger charge is 2.24. The monoisotopic (exact) mass is 391 g/mol. The van der Waals surface area contributed by atoms with Gasteiger partial charge in [-0.2, -0.15) is 0 Å². The first-order valence-corrected chi connectivity index (χ1v) is 9.91. The number of anilines is 3. The molecule has 0 spiro atoms. The van der Waals surface area contributed by atoms with Gasteiger partial charge in [0.2, 0.25) is 0 Å². The second-order valence-corrected chi connectivity index (χ2v) is 7.42. The van der Waals surface area contributed by atoms with Crippen LogP contribution in [0.4, 0.5) is 17.1 Å². The van der Waals surface area contributed by atoms with E-state index >= 15 is 0 Å². The zero-order valence-electron chi connectivity index (χ0n) is 16.6. The predicted molar refractivity (Wildman–Crippen MR) is 124 cm³/mol. The molecule has 146 valence electrons. The summed E-state index contributed by atoms with van der Waals surface area (Å²) in [4.78, 5) is 15.6. The summed E-state index contributed by atoms with van der Waals surface area (Å²) >= 11 is 0. The van der Waals surface area contributed by atoms with Crippen LogP contribution in [0.15, 0.2) is 85.1 Å². The van der Waals surface area contributed by atoms with Crippen molar-refractivity contribution in [2.75, 3.05) is 10.6 Å². The highest BCUT2D eigenvalue weighted by molar-refractivity contribution is 6.35. The SMILES string of the molecule is Cc1ccc(Nc2ccc3c(c2)NC(=O)C3=Cc2ccc[nH]2)cc1-c1ccccc1. The fourth-order valence-corrected chi connectivity index (χ4v) is 3.80. The number of hydrogen-bond donors (Lipinski definition) is 3. The molecule has 0 fully saturated rings. The van der Waals surface area contributed by atoms with Crippen LogP contribution in [0.1, 0.15) is 16.8 Å². The zero-order chi connectivity index (χ0) is 20.5. The molecular formula is C26H21N3O. The van der Waals surface area contributed by atoms with E-state index in [1.165, 1.54) is 16.7 Å². The van der Waals surface area contributed by atoms with Crippen molar-refractivity contribution in [3.8, 4) is 11.1 Å². The van der Waals surface area contributed by atoms with Gasteiger partial charge in [0.05, 0.1) is 11.3 Å². The van der Waals surface area contributed by atoms with Crippen LogP contribution in [0.5, 0.6) is 0 Å². The average Bonchev–Trinajstić information content (AvgIpc) is 3.38. The van der Waals surface area contributed by atoms with Crippen molar-refractivity contribution in [1.82, 2.24) is 4.98 Å². The molecule has 0 radical (unpaired) electrons. The van der Waals surface area contributed by atoms with Crippen LogP contribution in [-0.2, 0) is 4.79 Å². The Morgan fingerprint density at radius 3 is 2.43 bits per heavy atom. The molecule has 1 aromatic heterocycles. The number of benzene rings is 3. The highest BCUT2D eigenvalue weighted by Crippen LogP contribution is 2.36. The number of nitrogens with one attached hydrogen (secondary N) is 3. The van der Waals surface area contributed by atoms with E-state index < -0.39 is 0 Å². The van der Waals surface area contributed by atoms with Crippen LogP contribution in [0.3, 0.4) is 0 Å². The Labute approximate surface area is 175 Å². The van der Waals surface area contributed by atoms with E-state index in [2.05, 4.69) is 65.0 Å². The lowest BCUT2D eigenvalue weighted by molar-refractivity contribution is -0.110. The van der Waals surface area contributed by atoms with Crippen LogP contribution in [0.2, 0.25) is 0 Å². The fourth-order valence-electron chi connectivity index (χ4n) is 3.80. The van der Waals surface area contributed by atoms with Gasteiger partial charge < -0.3 is 15.6 Å². The first-order valence-electron chi connectivity index (χ1n) is 9.91. The Bertz CT molecular complexity index is 1250. The van der Waals surface area contributed by atoms with E-state index in [9.17, 15) is 4.79 Å². The summed E-state index contributed by atoms with van der Waals surface area (Å²) < 4.78 is 0. The fraction of sp³-hybridized carbons (Fsp3) is 0.0385. The summed E-state index contributed by atoms with van der Waals surface area (Å²) in [6.07, 6.45) is 3.72. The van der Waals surface area contributed by atoms with Gasteiger partial charge in [0, 0.05) is 28.8 Å². The molecule has 30 heavy (non-hydrogen) atoms. The van der Waals surface area contributed by atoms with E-state index in [0.29, 0.717) is 5.57 Å². The van der Waals surface area contributed by atoms with Gasteiger partial charge in [-0.05, 0) is 66.1 Å². The number of hydrogen-bond acceptors (Lipinski definition) is 2. The van der Waals surface area contributed by atoms with Crippen molar-refractivity contribution < 1.29 is 4.79 Å². The minimum Gasteiger partial charge on any atom is -0.362 e. The third-order valence-corrected chi connectivity index (χ3v) is 5.34. The largest absolute Gasteiger partial charge is 0.362 e. The third-order valence-electron chi connectivity index (χ3n) is 5.34. The molecule has 0 unspecified atom stereocenters. The van der Waals surface area contributed by atoms with E-state index in [1.54, 1.807) is 0 Å². The summed E-state index contributed by atoms with van der Waals surface area (Å²) in [5, 5.41) is 6.44. The van der Waals surface area contributed by atoms with Crippen molar-refractivity contribution in [2.24, 2.45) is 0 Å². The second-order valence-electron chi connectivity index (χ2n) is 7.42. The summed E-state index contributed by atoms with van der Waals surface area (Å²) in [6, 6.07) is 26.5. The third kappa shape index (κ3) is 3.40. The lowest BCUT2D eigenvalue weighted by Crippen LogP contribution is -2.03. The topological polar surface area (TPSA) is 56.9 Å². The van der Waals surface area contributed by atoms with Crippen molar-refractivity contribution >= 4 is 34.6 Å². The minimum atomic E-state index is -0.0848. The van der Waals surface area contributed by atoms with Crippen LogP contribution in [-0.4, -0.2) is 10.9 Å². The Morgan fingerprint density at radius 2 is 1.63 bits per heavy atom. The first kappa shape index (κ1) is 18.0. The second kappa shape index (κ2) is 7.41. The number of carbonyl (C=O) groups is 1. The molecule has 1 amide bonds. The summed E-state index contributed by atoms with van der Waals surface area (Å²) in [5.41, 5.74) is 8.86. The van der Waals surface area contributed by atoms with Gasteiger partial charge in [-0.3, -0.25) is 4.79 Å². The molecule has 1 aliphatic rings. The molecule has 2 heterocycles. The summed E-state index contributed by atoms with van der Waals surface area (Å²) in [7, 11) is 0. The molecule has 3 N–H and O–H groups in total. The zero-order valence-corrected chi connectivity index (χ0v) is 16.6. The molecule has 4 nitrogen and oxygen atoms in total. The smallest absolute Gasteiger partial charge is 0.256 e. The van der Waals surface area contributed by atoms with E-state index in [4.69, 9.17) is 0 Å². The van der Waals surface area contributed by atoms with Crippen molar-refractivity contribution in [1.29, 1.82) is 0 Å². The molecule has 5 rings (SSSR count). The van der Waals surface area contributed by atoms with Crippen molar-refractivity contribution in [2.45, 2.75) is 6.92 Å². The Balaban J connectivity index is 1.44. The maximum Gasteiger partial charge on any atom is 0.256 e. The highest BCUT2D eigenvalue weighted by atomic mass is 16.2. The number of H-pyrrole nitrogens is 1. The number of rotatable bonds is 4. The number of fused-ring (bicyclic) bond motifs is 1. The Kier molecular flexibility index (Phi) is 4.45. The average molecular weight is 391 g/mol. The van der Waals surface area contributed by atoms with Crippen molar-refractivity contribution in [3.05, 3.63) is 102 Å². The number of aromatic amines is 1. The lowest BCUT2D eigenvalue weighted by Gasteiger charge is -2.12. The van der Waals surface area contributed by atoms with E-state index in [-0.39, 0.29) is 5.91 Å². The minimum absolute atomic E-state index is 0.0848. The van der Waals surface area contributed by atoms with Gasteiger partial charge in [0.15, 0.2) is 0 Å². The van der Waals surface area contributed by atoms with Gasteiger partial charge in [0.1, 0.15) is 0 Å². The van der Waals surface area contributed by atoms with Crippen molar-refractivity contribution in [3.63, 3.8) is 0 Å². The number of amides is 1.